The molecule has 4 nitrogen and oxygen atoms in total. The van der Waals surface area contributed by atoms with E-state index in [0.717, 1.165) is 32.5 Å². The maximum absolute atomic E-state index is 11.9. The Hall–Kier alpha value is -1.10. The molecule has 1 atom stereocenters. The largest absolute Gasteiger partial charge is 0.396 e. The molecule has 5 heteroatoms. The number of carbonyl (C=O) groups is 1. The lowest BCUT2D eigenvalue weighted by atomic mass is 10.1. The molecule has 1 aromatic carbocycles. The predicted molar refractivity (Wildman–Crippen MR) is 80.9 cm³/mol. The number of anilines is 1. The Morgan fingerprint density at radius 1 is 1.45 bits per heavy atom. The van der Waals surface area contributed by atoms with E-state index in [1.54, 1.807) is 12.1 Å². The second-order valence-corrected chi connectivity index (χ2v) is 5.65. The Morgan fingerprint density at radius 3 is 3.00 bits per heavy atom. The van der Waals surface area contributed by atoms with E-state index < -0.39 is 0 Å². The van der Waals surface area contributed by atoms with Crippen LogP contribution in [0.1, 0.15) is 19.3 Å². The van der Waals surface area contributed by atoms with E-state index in [2.05, 4.69) is 10.2 Å². The lowest BCUT2D eigenvalue weighted by Crippen LogP contribution is -2.26. The van der Waals surface area contributed by atoms with Gasteiger partial charge in [-0.05, 0) is 37.4 Å². The van der Waals surface area contributed by atoms with Gasteiger partial charge >= 0.3 is 0 Å². The number of aliphatic hydroxyl groups excluding tert-OH is 1. The quantitative estimate of drug-likeness (QED) is 0.847. The summed E-state index contributed by atoms with van der Waals surface area (Å²) in [7, 11) is 0. The van der Waals surface area contributed by atoms with Crippen molar-refractivity contribution < 1.29 is 9.90 Å². The minimum absolute atomic E-state index is 0.0105. The zero-order chi connectivity index (χ0) is 14.4. The summed E-state index contributed by atoms with van der Waals surface area (Å²) in [4.78, 5) is 14.2. The zero-order valence-corrected chi connectivity index (χ0v) is 12.3. The van der Waals surface area contributed by atoms with E-state index in [1.165, 1.54) is 0 Å². The van der Waals surface area contributed by atoms with Crippen LogP contribution in [0.2, 0.25) is 5.02 Å². The number of rotatable bonds is 6. The summed E-state index contributed by atoms with van der Waals surface area (Å²) in [6.45, 7) is 3.02. The number of nitrogens with one attached hydrogen (secondary N) is 1. The van der Waals surface area contributed by atoms with Gasteiger partial charge in [-0.2, -0.15) is 0 Å². The van der Waals surface area contributed by atoms with Gasteiger partial charge in [0.25, 0.3) is 0 Å². The summed E-state index contributed by atoms with van der Waals surface area (Å²) in [6.07, 6.45) is 2.45. The first kappa shape index (κ1) is 15.3. The molecule has 0 aliphatic carbocycles. The fourth-order valence-corrected chi connectivity index (χ4v) is 2.75. The molecule has 110 valence electrons. The topological polar surface area (TPSA) is 52.6 Å². The van der Waals surface area contributed by atoms with E-state index >= 15 is 0 Å². The third-order valence-electron chi connectivity index (χ3n) is 3.71. The van der Waals surface area contributed by atoms with Crippen molar-refractivity contribution in [3.8, 4) is 0 Å². The molecule has 1 heterocycles. The first-order chi connectivity index (χ1) is 9.69. The van der Waals surface area contributed by atoms with Crippen molar-refractivity contribution in [1.29, 1.82) is 0 Å². The van der Waals surface area contributed by atoms with Crippen LogP contribution < -0.4 is 5.32 Å². The Labute approximate surface area is 124 Å². The summed E-state index contributed by atoms with van der Waals surface area (Å²) in [5.74, 6) is 0.565. The molecule has 20 heavy (non-hydrogen) atoms. The molecule has 1 aromatic rings. The van der Waals surface area contributed by atoms with Crippen molar-refractivity contribution in [3.63, 3.8) is 0 Å². The molecule has 1 fully saturated rings. The number of nitrogens with zero attached hydrogens (tertiary/aromatic N) is 1. The molecule has 1 unspecified atom stereocenters. The molecular weight excluding hydrogens is 276 g/mol. The SMILES string of the molecule is O=C(CCN1CCC(CCO)C1)Nc1ccccc1Cl. The number of carbonyl (C=O) groups excluding carboxylic acids is 1. The molecule has 0 bridgehead atoms. The Balaban J connectivity index is 1.72. The molecule has 1 aliphatic rings. The van der Waals surface area contributed by atoms with Crippen LogP contribution in [0.15, 0.2) is 24.3 Å². The zero-order valence-electron chi connectivity index (χ0n) is 11.5. The lowest BCUT2D eigenvalue weighted by molar-refractivity contribution is -0.116. The van der Waals surface area contributed by atoms with E-state index in [9.17, 15) is 4.79 Å². The molecule has 1 saturated heterocycles. The average Bonchev–Trinajstić information content (AvgIpc) is 2.87. The molecule has 0 saturated carbocycles. The van der Waals surface area contributed by atoms with Crippen molar-refractivity contribution >= 4 is 23.2 Å². The predicted octanol–water partition coefficient (Wildman–Crippen LogP) is 2.37. The fourth-order valence-electron chi connectivity index (χ4n) is 2.57. The fraction of sp³-hybridized carbons (Fsp3) is 0.533. The van der Waals surface area contributed by atoms with Gasteiger partial charge in [-0.1, -0.05) is 23.7 Å². The molecule has 2 N–H and O–H groups in total. The summed E-state index contributed by atoms with van der Waals surface area (Å²) >= 11 is 6.00. The van der Waals surface area contributed by atoms with Crippen molar-refractivity contribution in [1.82, 2.24) is 4.90 Å². The molecule has 1 amide bonds. The van der Waals surface area contributed by atoms with Crippen LogP contribution in [0.5, 0.6) is 0 Å². The molecular formula is C15H21ClN2O2. The Morgan fingerprint density at radius 2 is 2.25 bits per heavy atom. The van der Waals surface area contributed by atoms with Gasteiger partial charge in [0.2, 0.25) is 5.91 Å². The second-order valence-electron chi connectivity index (χ2n) is 5.25. The van der Waals surface area contributed by atoms with Crippen LogP contribution in [0, 0.1) is 5.92 Å². The van der Waals surface area contributed by atoms with Crippen LogP contribution in [0.4, 0.5) is 5.69 Å². The third kappa shape index (κ3) is 4.47. The minimum atomic E-state index is -0.0105. The number of amides is 1. The molecule has 0 spiro atoms. The van der Waals surface area contributed by atoms with Crippen LogP contribution in [0.3, 0.4) is 0 Å². The van der Waals surface area contributed by atoms with E-state index in [-0.39, 0.29) is 12.5 Å². The number of benzene rings is 1. The maximum Gasteiger partial charge on any atom is 0.225 e. The smallest absolute Gasteiger partial charge is 0.225 e. The highest BCUT2D eigenvalue weighted by molar-refractivity contribution is 6.33. The maximum atomic E-state index is 11.9. The monoisotopic (exact) mass is 296 g/mol. The van der Waals surface area contributed by atoms with E-state index in [0.29, 0.717) is 23.0 Å². The van der Waals surface area contributed by atoms with Gasteiger partial charge < -0.3 is 15.3 Å². The summed E-state index contributed by atoms with van der Waals surface area (Å²) in [5.41, 5.74) is 0.666. The number of hydrogen-bond donors (Lipinski definition) is 2. The normalized spacial score (nSPS) is 19.2. The average molecular weight is 297 g/mol. The van der Waals surface area contributed by atoms with Gasteiger partial charge in [0.1, 0.15) is 0 Å². The molecule has 1 aliphatic heterocycles. The van der Waals surface area contributed by atoms with E-state index in [4.69, 9.17) is 16.7 Å². The molecule has 0 radical (unpaired) electrons. The van der Waals surface area contributed by atoms with Gasteiger partial charge in [-0.15, -0.1) is 0 Å². The van der Waals surface area contributed by atoms with Gasteiger partial charge in [0.05, 0.1) is 10.7 Å². The van der Waals surface area contributed by atoms with Crippen molar-refractivity contribution in [3.05, 3.63) is 29.3 Å². The molecule has 2 rings (SSSR count). The number of hydrogen-bond acceptors (Lipinski definition) is 3. The number of likely N-dealkylation sites (tertiary alicyclic amines) is 1. The lowest BCUT2D eigenvalue weighted by Gasteiger charge is -2.15. The first-order valence-corrected chi connectivity index (χ1v) is 7.44. The number of para-hydroxylation sites is 1. The van der Waals surface area contributed by atoms with Crippen molar-refractivity contribution in [2.45, 2.75) is 19.3 Å². The van der Waals surface area contributed by atoms with Crippen LogP contribution in [-0.2, 0) is 4.79 Å². The summed E-state index contributed by atoms with van der Waals surface area (Å²) in [5, 5.41) is 12.3. The highest BCUT2D eigenvalue weighted by atomic mass is 35.5. The standard InChI is InChI=1S/C15H21ClN2O2/c16-13-3-1-2-4-14(13)17-15(20)6-9-18-8-5-12(11-18)7-10-19/h1-4,12,19H,5-11H2,(H,17,20). The summed E-state index contributed by atoms with van der Waals surface area (Å²) in [6, 6.07) is 7.25. The highest BCUT2D eigenvalue weighted by Crippen LogP contribution is 2.21. The number of aliphatic hydroxyl groups is 1. The number of halogens is 1. The van der Waals surface area contributed by atoms with E-state index in [1.807, 2.05) is 12.1 Å². The van der Waals surface area contributed by atoms with Crippen LogP contribution in [-0.4, -0.2) is 42.2 Å². The van der Waals surface area contributed by atoms with Crippen molar-refractivity contribution in [2.75, 3.05) is 31.6 Å². The molecule has 0 aromatic heterocycles. The second kappa shape index (κ2) is 7.62. The van der Waals surface area contributed by atoms with Gasteiger partial charge in [-0.25, -0.2) is 0 Å². The first-order valence-electron chi connectivity index (χ1n) is 7.06. The highest BCUT2D eigenvalue weighted by Gasteiger charge is 2.22. The van der Waals surface area contributed by atoms with Gasteiger partial charge in [0.15, 0.2) is 0 Å². The van der Waals surface area contributed by atoms with Crippen molar-refractivity contribution in [2.24, 2.45) is 5.92 Å². The van der Waals surface area contributed by atoms with Gasteiger partial charge in [-0.3, -0.25) is 4.79 Å². The van der Waals surface area contributed by atoms with Crippen LogP contribution in [0.25, 0.3) is 0 Å². The van der Waals surface area contributed by atoms with Crippen LogP contribution >= 0.6 is 11.6 Å². The minimum Gasteiger partial charge on any atom is -0.396 e. The Kier molecular flexibility index (Phi) is 5.83. The third-order valence-corrected chi connectivity index (χ3v) is 4.04. The Bertz CT molecular complexity index is 453. The van der Waals surface area contributed by atoms with Gasteiger partial charge in [0, 0.05) is 26.1 Å². The summed E-state index contributed by atoms with van der Waals surface area (Å²) < 4.78 is 0.